The fourth-order valence-electron chi connectivity index (χ4n) is 1.94. The highest BCUT2D eigenvalue weighted by Crippen LogP contribution is 2.17. The Labute approximate surface area is 132 Å². The molecule has 114 valence electrons. The van der Waals surface area contributed by atoms with Crippen LogP contribution in [0.1, 0.15) is 12.2 Å². The predicted octanol–water partition coefficient (Wildman–Crippen LogP) is 1.99. The van der Waals surface area contributed by atoms with Gasteiger partial charge in [0.05, 0.1) is 11.0 Å². The van der Waals surface area contributed by atoms with Gasteiger partial charge in [-0.1, -0.05) is 11.6 Å². The van der Waals surface area contributed by atoms with Crippen LogP contribution in [0.5, 0.6) is 0 Å². The first-order valence-electron chi connectivity index (χ1n) is 6.69. The van der Waals surface area contributed by atoms with Gasteiger partial charge in [-0.3, -0.25) is 4.79 Å². The predicted molar refractivity (Wildman–Crippen MR) is 86.8 cm³/mol. The van der Waals surface area contributed by atoms with E-state index < -0.39 is 6.10 Å². The van der Waals surface area contributed by atoms with Crippen molar-refractivity contribution < 1.29 is 9.90 Å². The number of carbonyl (C=O) groups is 1. The smallest absolute Gasteiger partial charge is 0.248 e. The Morgan fingerprint density at radius 1 is 1.57 bits per heavy atom. The molecule has 1 heterocycles. The summed E-state index contributed by atoms with van der Waals surface area (Å²) < 4.78 is 0. The van der Waals surface area contributed by atoms with Crippen LogP contribution in [0.25, 0.3) is 11.0 Å². The van der Waals surface area contributed by atoms with Crippen LogP contribution >= 0.6 is 23.4 Å². The van der Waals surface area contributed by atoms with Crippen LogP contribution in [0, 0.1) is 0 Å². The molecule has 1 aromatic carbocycles. The minimum absolute atomic E-state index is 0.330. The van der Waals surface area contributed by atoms with Crippen molar-refractivity contribution in [1.82, 2.24) is 15.3 Å². The zero-order valence-electron chi connectivity index (χ0n) is 11.7. The highest BCUT2D eigenvalue weighted by Gasteiger charge is 2.13. The minimum atomic E-state index is -0.938. The number of nitrogens with one attached hydrogen (secondary N) is 2. The Balaban J connectivity index is 1.83. The molecule has 1 unspecified atom stereocenters. The number of H-pyrrole nitrogens is 1. The molecule has 0 saturated carbocycles. The number of amides is 1. The van der Waals surface area contributed by atoms with Gasteiger partial charge in [0.15, 0.2) is 0 Å². The van der Waals surface area contributed by atoms with Gasteiger partial charge in [0.25, 0.3) is 0 Å². The van der Waals surface area contributed by atoms with Crippen molar-refractivity contribution in [3.05, 3.63) is 29.0 Å². The first-order valence-corrected chi connectivity index (χ1v) is 8.46. The van der Waals surface area contributed by atoms with E-state index in [1.807, 2.05) is 18.4 Å². The Morgan fingerprint density at radius 2 is 2.38 bits per heavy atom. The molecule has 0 aliphatic rings. The number of hydrogen-bond donors (Lipinski definition) is 3. The van der Waals surface area contributed by atoms with Crippen molar-refractivity contribution >= 4 is 40.3 Å². The van der Waals surface area contributed by atoms with E-state index in [-0.39, 0.29) is 5.91 Å². The lowest BCUT2D eigenvalue weighted by molar-refractivity contribution is -0.129. The fraction of sp³-hybridized carbons (Fsp3) is 0.429. The lowest BCUT2D eigenvalue weighted by atomic mass is 10.2. The molecule has 7 heteroatoms. The third-order valence-corrected chi connectivity index (χ3v) is 3.93. The molecule has 1 atom stereocenters. The summed E-state index contributed by atoms with van der Waals surface area (Å²) in [5.74, 6) is 1.22. The molecular formula is C14H18ClN3O2S. The highest BCUT2D eigenvalue weighted by molar-refractivity contribution is 7.98. The molecule has 21 heavy (non-hydrogen) atoms. The van der Waals surface area contributed by atoms with E-state index in [1.54, 1.807) is 17.8 Å². The van der Waals surface area contributed by atoms with Gasteiger partial charge < -0.3 is 15.4 Å². The Morgan fingerprint density at radius 3 is 3.14 bits per heavy atom. The van der Waals surface area contributed by atoms with Crippen molar-refractivity contribution in [2.24, 2.45) is 0 Å². The first-order chi connectivity index (χ1) is 10.1. The average Bonchev–Trinajstić information content (AvgIpc) is 2.86. The van der Waals surface area contributed by atoms with E-state index in [9.17, 15) is 9.90 Å². The summed E-state index contributed by atoms with van der Waals surface area (Å²) in [5, 5.41) is 13.0. The molecule has 5 nitrogen and oxygen atoms in total. The van der Waals surface area contributed by atoms with Gasteiger partial charge in [-0.2, -0.15) is 11.8 Å². The number of aromatic nitrogens is 2. The maximum atomic E-state index is 11.6. The topological polar surface area (TPSA) is 78.0 Å². The molecule has 0 saturated heterocycles. The molecule has 2 rings (SSSR count). The maximum Gasteiger partial charge on any atom is 0.248 e. The van der Waals surface area contributed by atoms with Crippen molar-refractivity contribution in [3.63, 3.8) is 0 Å². The van der Waals surface area contributed by atoms with E-state index in [0.29, 0.717) is 24.4 Å². The Bertz CT molecular complexity index is 617. The van der Waals surface area contributed by atoms with Crippen LogP contribution in [0.4, 0.5) is 0 Å². The second-order valence-electron chi connectivity index (χ2n) is 4.68. The van der Waals surface area contributed by atoms with Crippen molar-refractivity contribution in [2.75, 3.05) is 18.6 Å². The molecular weight excluding hydrogens is 310 g/mol. The van der Waals surface area contributed by atoms with Crippen LogP contribution in [0.2, 0.25) is 5.02 Å². The molecule has 0 spiro atoms. The quantitative estimate of drug-likeness (QED) is 0.726. The number of aliphatic hydroxyl groups excluding tert-OH is 1. The van der Waals surface area contributed by atoms with Gasteiger partial charge in [-0.05, 0) is 36.6 Å². The number of carbonyl (C=O) groups excluding carboxylic acids is 1. The maximum absolute atomic E-state index is 11.6. The molecule has 2 aromatic rings. The minimum Gasteiger partial charge on any atom is -0.383 e. The Kier molecular flexibility index (Phi) is 5.90. The molecule has 1 aromatic heterocycles. The van der Waals surface area contributed by atoms with Crippen LogP contribution in [-0.4, -0.2) is 45.6 Å². The second kappa shape index (κ2) is 7.68. The highest BCUT2D eigenvalue weighted by atomic mass is 35.5. The van der Waals surface area contributed by atoms with E-state index in [2.05, 4.69) is 15.3 Å². The third-order valence-electron chi connectivity index (χ3n) is 3.05. The number of hydrogen-bond acceptors (Lipinski definition) is 4. The van der Waals surface area contributed by atoms with Crippen molar-refractivity contribution in [3.8, 4) is 0 Å². The fourth-order valence-corrected chi connectivity index (χ4v) is 2.57. The molecule has 0 radical (unpaired) electrons. The summed E-state index contributed by atoms with van der Waals surface area (Å²) in [4.78, 5) is 19.2. The van der Waals surface area contributed by atoms with Crippen LogP contribution in [0.15, 0.2) is 18.2 Å². The van der Waals surface area contributed by atoms with E-state index in [4.69, 9.17) is 11.6 Å². The monoisotopic (exact) mass is 327 g/mol. The van der Waals surface area contributed by atoms with Gasteiger partial charge in [0.2, 0.25) is 5.91 Å². The van der Waals surface area contributed by atoms with Crippen molar-refractivity contribution in [1.29, 1.82) is 0 Å². The number of aliphatic hydroxyl groups is 1. The number of halogens is 1. The first kappa shape index (κ1) is 16.1. The summed E-state index contributed by atoms with van der Waals surface area (Å²) in [5.41, 5.74) is 1.73. The number of aromatic amines is 1. The normalized spacial score (nSPS) is 12.5. The molecule has 0 fully saturated rings. The molecule has 0 aliphatic heterocycles. The third kappa shape index (κ3) is 4.62. The van der Waals surface area contributed by atoms with E-state index in [0.717, 1.165) is 22.6 Å². The summed E-state index contributed by atoms with van der Waals surface area (Å²) >= 11 is 7.52. The standard InChI is InChI=1S/C14H18ClN3O2S/c1-21-7-5-12(19)14(20)16-6-4-13-17-10-3-2-9(15)8-11(10)18-13/h2-3,8,12,19H,4-7H2,1H3,(H,16,20)(H,17,18). The van der Waals surface area contributed by atoms with Gasteiger partial charge in [-0.25, -0.2) is 4.98 Å². The van der Waals surface area contributed by atoms with Gasteiger partial charge >= 0.3 is 0 Å². The lowest BCUT2D eigenvalue weighted by Crippen LogP contribution is -2.36. The summed E-state index contributed by atoms with van der Waals surface area (Å²) in [6, 6.07) is 5.46. The Hall–Kier alpha value is -1.24. The van der Waals surface area contributed by atoms with Gasteiger partial charge in [0, 0.05) is 18.0 Å². The molecule has 0 aliphatic carbocycles. The van der Waals surface area contributed by atoms with Gasteiger partial charge in [0.1, 0.15) is 11.9 Å². The van der Waals surface area contributed by atoms with Crippen LogP contribution in [-0.2, 0) is 11.2 Å². The zero-order valence-corrected chi connectivity index (χ0v) is 13.3. The average molecular weight is 328 g/mol. The SMILES string of the molecule is CSCCC(O)C(=O)NCCc1nc2ccc(Cl)cc2[nH]1. The number of thioether (sulfide) groups is 1. The molecule has 1 amide bonds. The summed E-state index contributed by atoms with van der Waals surface area (Å²) in [6.45, 7) is 0.433. The number of fused-ring (bicyclic) bond motifs is 1. The largest absolute Gasteiger partial charge is 0.383 e. The number of benzene rings is 1. The van der Waals surface area contributed by atoms with Gasteiger partial charge in [-0.15, -0.1) is 0 Å². The summed E-state index contributed by atoms with van der Waals surface area (Å²) in [7, 11) is 0. The molecule has 0 bridgehead atoms. The number of rotatable bonds is 7. The van der Waals surface area contributed by atoms with Crippen molar-refractivity contribution in [2.45, 2.75) is 18.9 Å². The number of imidazole rings is 1. The number of nitrogens with zero attached hydrogens (tertiary/aromatic N) is 1. The second-order valence-corrected chi connectivity index (χ2v) is 6.11. The van der Waals surface area contributed by atoms with Crippen LogP contribution < -0.4 is 5.32 Å². The van der Waals surface area contributed by atoms with E-state index >= 15 is 0 Å². The van der Waals surface area contributed by atoms with Crippen LogP contribution in [0.3, 0.4) is 0 Å². The molecule has 3 N–H and O–H groups in total. The zero-order chi connectivity index (χ0) is 15.2. The van der Waals surface area contributed by atoms with E-state index in [1.165, 1.54) is 0 Å². The lowest BCUT2D eigenvalue weighted by Gasteiger charge is -2.09. The summed E-state index contributed by atoms with van der Waals surface area (Å²) in [6.07, 6.45) is 2.05.